The van der Waals surface area contributed by atoms with Crippen molar-refractivity contribution in [3.63, 3.8) is 0 Å². The van der Waals surface area contributed by atoms with E-state index in [9.17, 15) is 4.79 Å². The highest BCUT2D eigenvalue weighted by Crippen LogP contribution is 2.24. The Bertz CT molecular complexity index is 419. The number of nitrogens with zero attached hydrogens (tertiary/aromatic N) is 1. The zero-order chi connectivity index (χ0) is 13.1. The second-order valence-corrected chi connectivity index (χ2v) is 6.06. The van der Waals surface area contributed by atoms with E-state index in [1.165, 1.54) is 5.56 Å². The molecule has 2 heterocycles. The van der Waals surface area contributed by atoms with E-state index in [4.69, 9.17) is 5.73 Å². The molecule has 1 aromatic heterocycles. The summed E-state index contributed by atoms with van der Waals surface area (Å²) in [5.41, 5.74) is 7.14. The lowest BCUT2D eigenvalue weighted by Gasteiger charge is -2.34. The molecule has 3 nitrogen and oxygen atoms in total. The van der Waals surface area contributed by atoms with Crippen molar-refractivity contribution in [2.75, 3.05) is 13.1 Å². The number of nitrogens with two attached hydrogens (primary N) is 1. The molecule has 0 saturated carbocycles. The van der Waals surface area contributed by atoms with Crippen LogP contribution in [0.2, 0.25) is 0 Å². The Labute approximate surface area is 125 Å². The summed E-state index contributed by atoms with van der Waals surface area (Å²) in [6, 6.07) is 2.24. The number of hydrogen-bond donors (Lipinski definition) is 1. The van der Waals surface area contributed by atoms with Gasteiger partial charge in [-0.1, -0.05) is 6.92 Å². The third-order valence-corrected chi connectivity index (χ3v) is 4.76. The molecule has 2 atom stereocenters. The zero-order valence-electron chi connectivity index (χ0n) is 11.6. The number of rotatable bonds is 3. The number of piperidine rings is 1. The Morgan fingerprint density at radius 2 is 2.37 bits per heavy atom. The molecule has 0 bridgehead atoms. The molecule has 0 aliphatic carbocycles. The molecule has 1 saturated heterocycles. The first-order valence-corrected chi connectivity index (χ1v) is 7.62. The van der Waals surface area contributed by atoms with E-state index >= 15 is 0 Å². The highest BCUT2D eigenvalue weighted by atomic mass is 35.5. The van der Waals surface area contributed by atoms with Gasteiger partial charge in [0, 0.05) is 19.1 Å². The van der Waals surface area contributed by atoms with Crippen molar-refractivity contribution < 1.29 is 4.79 Å². The summed E-state index contributed by atoms with van der Waals surface area (Å²) in [5, 5.41) is 2.01. The maximum Gasteiger partial charge on any atom is 0.264 e. The Morgan fingerprint density at radius 3 is 3.00 bits per heavy atom. The fourth-order valence-electron chi connectivity index (χ4n) is 2.57. The summed E-state index contributed by atoms with van der Waals surface area (Å²) in [4.78, 5) is 15.4. The molecule has 19 heavy (non-hydrogen) atoms. The Hall–Kier alpha value is -0.580. The molecule has 5 heteroatoms. The minimum atomic E-state index is 0. The number of aryl methyl sites for hydroxylation is 1. The lowest BCUT2D eigenvalue weighted by Crippen LogP contribution is -2.45. The molecule has 108 valence electrons. The number of halogens is 1. The molecule has 0 radical (unpaired) electrons. The summed E-state index contributed by atoms with van der Waals surface area (Å²) < 4.78 is 0. The van der Waals surface area contributed by atoms with E-state index in [-0.39, 0.29) is 24.4 Å². The van der Waals surface area contributed by atoms with Gasteiger partial charge in [-0.25, -0.2) is 0 Å². The summed E-state index contributed by atoms with van der Waals surface area (Å²) >= 11 is 1.56. The predicted octanol–water partition coefficient (Wildman–Crippen LogP) is 2.93. The largest absolute Gasteiger partial charge is 0.338 e. The van der Waals surface area contributed by atoms with Crippen molar-refractivity contribution in [2.24, 2.45) is 11.7 Å². The van der Waals surface area contributed by atoms with Gasteiger partial charge in [-0.2, -0.15) is 0 Å². The van der Waals surface area contributed by atoms with Gasteiger partial charge in [-0.15, -0.1) is 23.7 Å². The van der Waals surface area contributed by atoms with Gasteiger partial charge in [-0.3, -0.25) is 4.79 Å². The first-order valence-electron chi connectivity index (χ1n) is 6.74. The molecule has 2 N–H and O–H groups in total. The van der Waals surface area contributed by atoms with Gasteiger partial charge >= 0.3 is 0 Å². The third kappa shape index (κ3) is 3.71. The van der Waals surface area contributed by atoms with Crippen molar-refractivity contribution in [1.29, 1.82) is 0 Å². The van der Waals surface area contributed by atoms with Crippen LogP contribution in [-0.4, -0.2) is 29.9 Å². The van der Waals surface area contributed by atoms with Gasteiger partial charge in [0.1, 0.15) is 0 Å². The first-order chi connectivity index (χ1) is 8.63. The van der Waals surface area contributed by atoms with E-state index < -0.39 is 0 Å². The van der Waals surface area contributed by atoms with Crippen LogP contribution in [0.5, 0.6) is 0 Å². The molecule has 0 aromatic carbocycles. The monoisotopic (exact) mass is 302 g/mol. The molecule has 1 aliphatic heterocycles. The van der Waals surface area contributed by atoms with Crippen LogP contribution in [0.25, 0.3) is 0 Å². The van der Waals surface area contributed by atoms with Crippen LogP contribution in [0.15, 0.2) is 11.4 Å². The number of carbonyl (C=O) groups excluding carboxylic acids is 1. The van der Waals surface area contributed by atoms with Crippen molar-refractivity contribution in [2.45, 2.75) is 39.2 Å². The SMILES string of the molecule is CCc1ccsc1C(=O)N1CCCC(C(C)N)C1.Cl. The van der Waals surface area contributed by atoms with Crippen molar-refractivity contribution in [1.82, 2.24) is 4.90 Å². The van der Waals surface area contributed by atoms with Crippen LogP contribution in [0.4, 0.5) is 0 Å². The fourth-order valence-corrected chi connectivity index (χ4v) is 3.53. The quantitative estimate of drug-likeness (QED) is 0.933. The Morgan fingerprint density at radius 1 is 1.63 bits per heavy atom. The average Bonchev–Trinajstić information content (AvgIpc) is 2.86. The second kappa shape index (κ2) is 7.27. The second-order valence-electron chi connectivity index (χ2n) is 5.14. The van der Waals surface area contributed by atoms with Crippen LogP contribution in [0.1, 0.15) is 41.9 Å². The minimum absolute atomic E-state index is 0. The van der Waals surface area contributed by atoms with Gasteiger partial charge in [0.15, 0.2) is 0 Å². The average molecular weight is 303 g/mol. The van der Waals surface area contributed by atoms with Gasteiger partial charge in [0.2, 0.25) is 0 Å². The number of carbonyl (C=O) groups is 1. The molecular formula is C14H23ClN2OS. The molecule has 1 aromatic rings. The molecule has 1 aliphatic rings. The van der Waals surface area contributed by atoms with Crippen molar-refractivity contribution in [3.05, 3.63) is 21.9 Å². The maximum atomic E-state index is 12.5. The fraction of sp³-hybridized carbons (Fsp3) is 0.643. The summed E-state index contributed by atoms with van der Waals surface area (Å²) in [6.07, 6.45) is 3.15. The van der Waals surface area contributed by atoms with E-state index in [1.807, 2.05) is 17.2 Å². The van der Waals surface area contributed by atoms with E-state index in [2.05, 4.69) is 13.0 Å². The lowest BCUT2D eigenvalue weighted by atomic mass is 9.92. The van der Waals surface area contributed by atoms with Crippen molar-refractivity contribution >= 4 is 29.7 Å². The lowest BCUT2D eigenvalue weighted by molar-refractivity contribution is 0.0665. The molecule has 1 amide bonds. The third-order valence-electron chi connectivity index (χ3n) is 3.81. The van der Waals surface area contributed by atoms with Crippen molar-refractivity contribution in [3.8, 4) is 0 Å². The Balaban J connectivity index is 0.00000180. The topological polar surface area (TPSA) is 46.3 Å². The van der Waals surface area contributed by atoms with Gasteiger partial charge < -0.3 is 10.6 Å². The molecule has 1 fully saturated rings. The molecule has 2 rings (SSSR count). The smallest absolute Gasteiger partial charge is 0.264 e. The number of likely N-dealkylation sites (tertiary alicyclic amines) is 1. The number of hydrogen-bond acceptors (Lipinski definition) is 3. The molecule has 0 spiro atoms. The van der Waals surface area contributed by atoms with Crippen LogP contribution < -0.4 is 5.73 Å². The highest BCUT2D eigenvalue weighted by Gasteiger charge is 2.27. The standard InChI is InChI=1S/C14H22N2OS.ClH/c1-3-11-6-8-18-13(11)14(17)16-7-4-5-12(9-16)10(2)15;/h6,8,10,12H,3-5,7,9,15H2,1-2H3;1H. The van der Waals surface area contributed by atoms with Gasteiger partial charge in [0.05, 0.1) is 4.88 Å². The summed E-state index contributed by atoms with van der Waals surface area (Å²) in [7, 11) is 0. The normalized spacial score (nSPS) is 20.8. The van der Waals surface area contributed by atoms with Gasteiger partial charge in [-0.05, 0) is 49.1 Å². The minimum Gasteiger partial charge on any atom is -0.338 e. The van der Waals surface area contributed by atoms with Crippen LogP contribution in [0.3, 0.4) is 0 Å². The van der Waals surface area contributed by atoms with E-state index in [0.29, 0.717) is 5.92 Å². The van der Waals surface area contributed by atoms with Gasteiger partial charge in [0.25, 0.3) is 5.91 Å². The van der Waals surface area contributed by atoms with Crippen LogP contribution >= 0.6 is 23.7 Å². The molecule has 2 unspecified atom stereocenters. The van der Waals surface area contributed by atoms with Crippen LogP contribution in [-0.2, 0) is 6.42 Å². The number of amides is 1. The summed E-state index contributed by atoms with van der Waals surface area (Å²) in [6.45, 7) is 5.84. The zero-order valence-corrected chi connectivity index (χ0v) is 13.2. The molecular weight excluding hydrogens is 280 g/mol. The van der Waals surface area contributed by atoms with Crippen LogP contribution in [0, 0.1) is 5.92 Å². The maximum absolute atomic E-state index is 12.5. The predicted molar refractivity (Wildman–Crippen MR) is 83.2 cm³/mol. The first kappa shape index (κ1) is 16.5. The Kier molecular flexibility index (Phi) is 6.30. The van der Waals surface area contributed by atoms with E-state index in [0.717, 1.165) is 37.2 Å². The number of thiophene rings is 1. The summed E-state index contributed by atoms with van der Waals surface area (Å²) in [5.74, 6) is 0.653. The highest BCUT2D eigenvalue weighted by molar-refractivity contribution is 7.12. The van der Waals surface area contributed by atoms with E-state index in [1.54, 1.807) is 11.3 Å².